The first kappa shape index (κ1) is 20.5. The lowest BCUT2D eigenvalue weighted by Gasteiger charge is -2.35. The van der Waals surface area contributed by atoms with Crippen molar-refractivity contribution in [1.82, 2.24) is 19.2 Å². The van der Waals surface area contributed by atoms with E-state index in [1.54, 1.807) is 17.3 Å². The number of hydrogen-bond donors (Lipinski definition) is 0. The molecular weight excluding hydrogens is 478 g/mol. The van der Waals surface area contributed by atoms with Gasteiger partial charge in [0.25, 0.3) is 10.0 Å². The van der Waals surface area contributed by atoms with Gasteiger partial charge in [0.1, 0.15) is 4.21 Å². The van der Waals surface area contributed by atoms with E-state index in [-0.39, 0.29) is 16.7 Å². The average molecular weight is 495 g/mol. The number of carbonyl (C=O) groups is 1. The molecule has 1 aliphatic heterocycles. The molecule has 146 valence electrons. The van der Waals surface area contributed by atoms with Gasteiger partial charge >= 0.3 is 0 Å². The molecule has 0 unspecified atom stereocenters. The first-order valence-electron chi connectivity index (χ1n) is 7.99. The van der Waals surface area contributed by atoms with Gasteiger partial charge in [-0.25, -0.2) is 18.4 Å². The van der Waals surface area contributed by atoms with Crippen molar-refractivity contribution in [3.05, 3.63) is 33.3 Å². The zero-order valence-electron chi connectivity index (χ0n) is 14.4. The van der Waals surface area contributed by atoms with Crippen molar-refractivity contribution in [2.45, 2.75) is 4.21 Å². The molecule has 0 saturated carbocycles. The Bertz CT molecular complexity index is 914. The quantitative estimate of drug-likeness (QED) is 0.631. The van der Waals surface area contributed by atoms with Crippen LogP contribution in [0.25, 0.3) is 0 Å². The molecule has 2 aromatic heterocycles. The van der Waals surface area contributed by atoms with Crippen molar-refractivity contribution < 1.29 is 13.2 Å². The van der Waals surface area contributed by atoms with Crippen LogP contribution in [0.3, 0.4) is 0 Å². The van der Waals surface area contributed by atoms with Crippen molar-refractivity contribution in [1.29, 1.82) is 0 Å². The second kappa shape index (κ2) is 8.39. The summed E-state index contributed by atoms with van der Waals surface area (Å²) in [5.74, 6) is 0.375. The maximum absolute atomic E-state index is 12.5. The van der Waals surface area contributed by atoms with Crippen LogP contribution in [0.4, 0.5) is 5.95 Å². The number of nitrogens with zero attached hydrogens (tertiary/aromatic N) is 5. The number of halogens is 2. The predicted molar refractivity (Wildman–Crippen MR) is 108 cm³/mol. The highest BCUT2D eigenvalue weighted by atomic mass is 79.9. The Balaban J connectivity index is 1.57. The van der Waals surface area contributed by atoms with E-state index in [2.05, 4.69) is 25.9 Å². The van der Waals surface area contributed by atoms with Crippen molar-refractivity contribution in [2.24, 2.45) is 0 Å². The Kier molecular flexibility index (Phi) is 6.36. The fraction of sp³-hybridized carbons (Fsp3) is 0.400. The smallest absolute Gasteiger partial charge is 0.252 e. The van der Waals surface area contributed by atoms with Gasteiger partial charge in [-0.2, -0.15) is 4.31 Å². The molecule has 1 fully saturated rings. The van der Waals surface area contributed by atoms with E-state index in [9.17, 15) is 13.2 Å². The minimum Gasteiger partial charge on any atom is -0.338 e. The predicted octanol–water partition coefficient (Wildman–Crippen LogP) is 1.92. The van der Waals surface area contributed by atoms with Crippen molar-refractivity contribution >= 4 is 60.7 Å². The summed E-state index contributed by atoms with van der Waals surface area (Å²) >= 11 is 10.1. The number of aromatic nitrogens is 2. The maximum atomic E-state index is 12.5. The van der Waals surface area contributed by atoms with Gasteiger partial charge in [0.05, 0.1) is 15.4 Å². The number of rotatable bonds is 5. The van der Waals surface area contributed by atoms with E-state index in [0.29, 0.717) is 36.5 Å². The van der Waals surface area contributed by atoms with Crippen molar-refractivity contribution in [2.75, 3.05) is 44.7 Å². The van der Waals surface area contributed by atoms with Crippen LogP contribution in [0.1, 0.15) is 0 Å². The number of amides is 1. The number of likely N-dealkylation sites (N-methyl/N-ethyl adjacent to an activating group) is 1. The molecule has 1 aliphatic rings. The van der Waals surface area contributed by atoms with Gasteiger partial charge in [-0.3, -0.25) is 4.79 Å². The lowest BCUT2D eigenvalue weighted by Crippen LogP contribution is -2.51. The standard InChI is InChI=1S/C15H17BrClN5O3S2/c1-20(27(24,25)14-3-2-12(17)26-14)10-13(23)21-4-6-22(7-5-21)15-18-8-11(16)9-19-15/h2-3,8-9H,4-7,10H2,1H3. The SMILES string of the molecule is CN(CC(=O)N1CCN(c2ncc(Br)cn2)CC1)S(=O)(=O)c1ccc(Cl)s1. The van der Waals surface area contributed by atoms with Crippen LogP contribution in [0, 0.1) is 0 Å². The maximum Gasteiger partial charge on any atom is 0.252 e. The average Bonchev–Trinajstić information content (AvgIpc) is 3.09. The number of thiophene rings is 1. The molecule has 12 heteroatoms. The first-order valence-corrected chi connectivity index (χ1v) is 11.4. The van der Waals surface area contributed by atoms with E-state index < -0.39 is 10.0 Å². The molecule has 3 rings (SSSR count). The molecule has 1 saturated heterocycles. The highest BCUT2D eigenvalue weighted by Crippen LogP contribution is 2.27. The third-order valence-corrected chi connectivity index (χ3v) is 8.00. The summed E-state index contributed by atoms with van der Waals surface area (Å²) in [4.78, 5) is 24.7. The second-order valence-electron chi connectivity index (χ2n) is 5.89. The molecule has 0 bridgehead atoms. The molecule has 27 heavy (non-hydrogen) atoms. The Morgan fingerprint density at radius 1 is 1.26 bits per heavy atom. The topological polar surface area (TPSA) is 86.7 Å². The monoisotopic (exact) mass is 493 g/mol. The lowest BCUT2D eigenvalue weighted by molar-refractivity contribution is -0.131. The van der Waals surface area contributed by atoms with Gasteiger partial charge < -0.3 is 9.80 Å². The summed E-state index contributed by atoms with van der Waals surface area (Å²) in [6, 6.07) is 2.97. The summed E-state index contributed by atoms with van der Waals surface area (Å²) in [5, 5.41) is 0. The van der Waals surface area contributed by atoms with Crippen LogP contribution >= 0.6 is 38.9 Å². The summed E-state index contributed by atoms with van der Waals surface area (Å²) in [7, 11) is -2.33. The van der Waals surface area contributed by atoms with Gasteiger partial charge in [0.15, 0.2) is 0 Å². The molecule has 0 atom stereocenters. The summed E-state index contributed by atoms with van der Waals surface area (Å²) < 4.78 is 27.4. The Labute approximate surface area is 174 Å². The fourth-order valence-corrected chi connectivity index (χ4v) is 5.61. The van der Waals surface area contributed by atoms with Crippen LogP contribution in [0.5, 0.6) is 0 Å². The number of carbonyl (C=O) groups excluding carboxylic acids is 1. The molecule has 1 amide bonds. The number of sulfonamides is 1. The molecule has 3 heterocycles. The largest absolute Gasteiger partial charge is 0.338 e. The van der Waals surface area contributed by atoms with Crippen molar-refractivity contribution in [3.8, 4) is 0 Å². The lowest BCUT2D eigenvalue weighted by atomic mass is 10.3. The van der Waals surface area contributed by atoms with E-state index in [0.717, 1.165) is 20.1 Å². The van der Waals surface area contributed by atoms with Gasteiger partial charge in [-0.05, 0) is 28.1 Å². The molecule has 0 N–H and O–H groups in total. The summed E-state index contributed by atoms with van der Waals surface area (Å²) in [6.07, 6.45) is 3.35. The van der Waals surface area contributed by atoms with Gasteiger partial charge in [-0.15, -0.1) is 11.3 Å². The summed E-state index contributed by atoms with van der Waals surface area (Å²) in [6.45, 7) is 1.93. The Hall–Kier alpha value is -1.27. The number of piperazine rings is 1. The van der Waals surface area contributed by atoms with E-state index >= 15 is 0 Å². The second-order valence-corrected chi connectivity index (χ2v) is 10.8. The van der Waals surface area contributed by atoms with E-state index in [1.807, 2.05) is 4.90 Å². The molecule has 8 nitrogen and oxygen atoms in total. The minimum atomic E-state index is -3.72. The van der Waals surface area contributed by atoms with Gasteiger partial charge in [0, 0.05) is 45.6 Å². The normalized spacial score (nSPS) is 15.4. The fourth-order valence-electron chi connectivity index (χ4n) is 2.59. The Morgan fingerprint density at radius 2 is 1.89 bits per heavy atom. The van der Waals surface area contributed by atoms with Gasteiger partial charge in [0.2, 0.25) is 11.9 Å². The molecule has 0 aromatic carbocycles. The highest BCUT2D eigenvalue weighted by molar-refractivity contribution is 9.10. The van der Waals surface area contributed by atoms with Crippen LogP contribution < -0.4 is 4.90 Å². The minimum absolute atomic E-state index is 0.125. The van der Waals surface area contributed by atoms with E-state index in [4.69, 9.17) is 11.6 Å². The molecule has 0 spiro atoms. The third-order valence-electron chi connectivity index (χ3n) is 4.09. The Morgan fingerprint density at radius 3 is 2.44 bits per heavy atom. The zero-order chi connectivity index (χ0) is 19.6. The van der Waals surface area contributed by atoms with Crippen molar-refractivity contribution in [3.63, 3.8) is 0 Å². The van der Waals surface area contributed by atoms with Crippen LogP contribution in [0.15, 0.2) is 33.2 Å². The zero-order valence-corrected chi connectivity index (χ0v) is 18.4. The van der Waals surface area contributed by atoms with Crippen LogP contribution in [0.2, 0.25) is 4.34 Å². The number of anilines is 1. The van der Waals surface area contributed by atoms with Gasteiger partial charge in [-0.1, -0.05) is 11.6 Å². The first-order chi connectivity index (χ1) is 12.8. The molecule has 0 radical (unpaired) electrons. The molecule has 2 aromatic rings. The number of hydrogen-bond acceptors (Lipinski definition) is 7. The van der Waals surface area contributed by atoms with Crippen LogP contribution in [-0.2, 0) is 14.8 Å². The molecule has 0 aliphatic carbocycles. The van der Waals surface area contributed by atoms with Crippen LogP contribution in [-0.4, -0.2) is 73.3 Å². The highest BCUT2D eigenvalue weighted by Gasteiger charge is 2.28. The third kappa shape index (κ3) is 4.77. The van der Waals surface area contributed by atoms with E-state index in [1.165, 1.54) is 19.2 Å². The summed E-state index contributed by atoms with van der Waals surface area (Å²) in [5.41, 5.74) is 0. The molecular formula is C15H17BrClN5O3S2.